The predicted molar refractivity (Wildman–Crippen MR) is 69.6 cm³/mol. The topological polar surface area (TPSA) is 46.2 Å². The van der Waals surface area contributed by atoms with E-state index in [0.717, 1.165) is 25.9 Å². The standard InChI is InChI=1S/C14H26O5/c1-9-5-6-15-13(17-9)7-11(3)18-14-8-10(2)16-12(4)19-14/h9-14H,5-8H2,1-4H3. The van der Waals surface area contributed by atoms with Crippen LogP contribution in [-0.2, 0) is 23.7 Å². The van der Waals surface area contributed by atoms with E-state index in [-0.39, 0.29) is 37.2 Å². The second-order valence-electron chi connectivity index (χ2n) is 5.53. The maximum Gasteiger partial charge on any atom is 0.163 e. The smallest absolute Gasteiger partial charge is 0.163 e. The van der Waals surface area contributed by atoms with Gasteiger partial charge in [-0.3, -0.25) is 0 Å². The van der Waals surface area contributed by atoms with E-state index in [1.54, 1.807) is 0 Å². The van der Waals surface area contributed by atoms with Gasteiger partial charge in [0.05, 0.1) is 24.9 Å². The summed E-state index contributed by atoms with van der Waals surface area (Å²) in [7, 11) is 0. The Kier molecular flexibility index (Phi) is 5.59. The van der Waals surface area contributed by atoms with Crippen LogP contribution < -0.4 is 0 Å². The molecule has 2 heterocycles. The summed E-state index contributed by atoms with van der Waals surface area (Å²) < 4.78 is 28.3. The molecule has 0 spiro atoms. The van der Waals surface area contributed by atoms with Crippen LogP contribution in [0.5, 0.6) is 0 Å². The molecule has 0 aromatic carbocycles. The van der Waals surface area contributed by atoms with Crippen molar-refractivity contribution in [3.63, 3.8) is 0 Å². The van der Waals surface area contributed by atoms with Crippen LogP contribution in [0.15, 0.2) is 0 Å². The zero-order valence-electron chi connectivity index (χ0n) is 12.3. The van der Waals surface area contributed by atoms with E-state index in [9.17, 15) is 0 Å². The van der Waals surface area contributed by atoms with E-state index in [0.29, 0.717) is 0 Å². The summed E-state index contributed by atoms with van der Waals surface area (Å²) in [5.74, 6) is 0. The highest BCUT2D eigenvalue weighted by atomic mass is 16.8. The van der Waals surface area contributed by atoms with Gasteiger partial charge in [-0.25, -0.2) is 0 Å². The number of hydrogen-bond donors (Lipinski definition) is 0. The Labute approximate surface area is 115 Å². The van der Waals surface area contributed by atoms with Gasteiger partial charge in [0.15, 0.2) is 18.9 Å². The largest absolute Gasteiger partial charge is 0.352 e. The third kappa shape index (κ3) is 5.00. The molecule has 0 aromatic heterocycles. The van der Waals surface area contributed by atoms with Crippen LogP contribution in [0.2, 0.25) is 0 Å². The van der Waals surface area contributed by atoms with Gasteiger partial charge in [-0.1, -0.05) is 0 Å². The van der Waals surface area contributed by atoms with Crippen LogP contribution in [0.1, 0.15) is 47.0 Å². The third-order valence-corrected chi connectivity index (χ3v) is 3.41. The van der Waals surface area contributed by atoms with Gasteiger partial charge in [0.25, 0.3) is 0 Å². The summed E-state index contributed by atoms with van der Waals surface area (Å²) in [5.41, 5.74) is 0. The van der Waals surface area contributed by atoms with Crippen molar-refractivity contribution in [3.8, 4) is 0 Å². The van der Waals surface area contributed by atoms with Crippen molar-refractivity contribution in [2.75, 3.05) is 6.61 Å². The van der Waals surface area contributed by atoms with Crippen LogP contribution in [0.4, 0.5) is 0 Å². The molecule has 2 aliphatic rings. The van der Waals surface area contributed by atoms with Gasteiger partial charge >= 0.3 is 0 Å². The van der Waals surface area contributed by atoms with E-state index >= 15 is 0 Å². The molecule has 2 aliphatic heterocycles. The fourth-order valence-corrected chi connectivity index (χ4v) is 2.48. The maximum atomic E-state index is 5.91. The first kappa shape index (κ1) is 15.2. The number of rotatable bonds is 4. The average Bonchev–Trinajstić information content (AvgIpc) is 2.26. The highest BCUT2D eigenvalue weighted by Gasteiger charge is 2.28. The van der Waals surface area contributed by atoms with E-state index in [1.807, 2.05) is 20.8 Å². The summed E-state index contributed by atoms with van der Waals surface area (Å²) in [6.07, 6.45) is 2.37. The first-order chi connectivity index (χ1) is 9.02. The minimum Gasteiger partial charge on any atom is -0.352 e. The van der Waals surface area contributed by atoms with E-state index < -0.39 is 0 Å². The molecule has 0 radical (unpaired) electrons. The van der Waals surface area contributed by atoms with Crippen molar-refractivity contribution in [2.45, 2.75) is 84.1 Å². The van der Waals surface area contributed by atoms with Gasteiger partial charge in [-0.05, 0) is 34.1 Å². The zero-order chi connectivity index (χ0) is 13.8. The summed E-state index contributed by atoms with van der Waals surface area (Å²) in [4.78, 5) is 0. The second-order valence-corrected chi connectivity index (χ2v) is 5.53. The summed E-state index contributed by atoms with van der Waals surface area (Å²) in [5, 5.41) is 0. The number of hydrogen-bond acceptors (Lipinski definition) is 5. The van der Waals surface area contributed by atoms with Gasteiger partial charge in [0, 0.05) is 12.8 Å². The average molecular weight is 274 g/mol. The van der Waals surface area contributed by atoms with Crippen LogP contribution in [0, 0.1) is 0 Å². The quantitative estimate of drug-likeness (QED) is 0.788. The highest BCUT2D eigenvalue weighted by Crippen LogP contribution is 2.23. The maximum absolute atomic E-state index is 5.91. The Bertz CT molecular complexity index is 263. The first-order valence-electron chi connectivity index (χ1n) is 7.26. The SMILES string of the molecule is CC1CC(OC(C)CC2OCCC(C)O2)OC(C)O1. The normalized spacial score (nSPS) is 42.0. The molecule has 0 saturated carbocycles. The predicted octanol–water partition coefficient (Wildman–Crippen LogP) is 2.43. The molecule has 2 fully saturated rings. The molecule has 5 heteroatoms. The molecule has 19 heavy (non-hydrogen) atoms. The lowest BCUT2D eigenvalue weighted by Crippen LogP contribution is -2.39. The lowest BCUT2D eigenvalue weighted by molar-refractivity contribution is -0.311. The molecule has 2 saturated heterocycles. The molecule has 0 amide bonds. The van der Waals surface area contributed by atoms with E-state index in [1.165, 1.54) is 0 Å². The minimum atomic E-state index is -0.205. The Hall–Kier alpha value is -0.200. The Balaban J connectivity index is 1.72. The van der Waals surface area contributed by atoms with Crippen molar-refractivity contribution in [2.24, 2.45) is 0 Å². The van der Waals surface area contributed by atoms with Crippen LogP contribution in [0.3, 0.4) is 0 Å². The molecule has 0 N–H and O–H groups in total. The summed E-state index contributed by atoms with van der Waals surface area (Å²) in [6, 6.07) is 0. The molecule has 6 atom stereocenters. The van der Waals surface area contributed by atoms with Crippen molar-refractivity contribution >= 4 is 0 Å². The fraction of sp³-hybridized carbons (Fsp3) is 1.00. The summed E-state index contributed by atoms with van der Waals surface area (Å²) in [6.45, 7) is 8.80. The molecule has 2 rings (SSSR count). The van der Waals surface area contributed by atoms with Gasteiger partial charge < -0.3 is 23.7 Å². The second kappa shape index (κ2) is 6.99. The van der Waals surface area contributed by atoms with Crippen molar-refractivity contribution in [1.29, 1.82) is 0 Å². The molecule has 6 unspecified atom stereocenters. The zero-order valence-corrected chi connectivity index (χ0v) is 12.3. The molecule has 0 bridgehead atoms. The first-order valence-corrected chi connectivity index (χ1v) is 7.26. The number of ether oxygens (including phenoxy) is 5. The van der Waals surface area contributed by atoms with Crippen molar-refractivity contribution < 1.29 is 23.7 Å². The fourth-order valence-electron chi connectivity index (χ4n) is 2.48. The third-order valence-electron chi connectivity index (χ3n) is 3.41. The van der Waals surface area contributed by atoms with Crippen LogP contribution in [-0.4, -0.2) is 43.8 Å². The lowest BCUT2D eigenvalue weighted by atomic mass is 10.2. The van der Waals surface area contributed by atoms with E-state index in [2.05, 4.69) is 6.92 Å². The van der Waals surface area contributed by atoms with Gasteiger partial charge in [0.2, 0.25) is 0 Å². The molecule has 112 valence electrons. The van der Waals surface area contributed by atoms with Gasteiger partial charge in [-0.15, -0.1) is 0 Å². The molecule has 0 aliphatic carbocycles. The highest BCUT2D eigenvalue weighted by molar-refractivity contribution is 4.66. The molecule has 0 aromatic rings. The molecular formula is C14H26O5. The van der Waals surface area contributed by atoms with Crippen LogP contribution >= 0.6 is 0 Å². The summed E-state index contributed by atoms with van der Waals surface area (Å²) >= 11 is 0. The van der Waals surface area contributed by atoms with Gasteiger partial charge in [0.1, 0.15) is 0 Å². The minimum absolute atomic E-state index is 0.0396. The lowest BCUT2D eigenvalue weighted by Gasteiger charge is -2.35. The van der Waals surface area contributed by atoms with Crippen molar-refractivity contribution in [1.82, 2.24) is 0 Å². The Morgan fingerprint density at radius 1 is 1.11 bits per heavy atom. The molecule has 5 nitrogen and oxygen atoms in total. The van der Waals surface area contributed by atoms with Gasteiger partial charge in [-0.2, -0.15) is 0 Å². The Morgan fingerprint density at radius 3 is 2.58 bits per heavy atom. The Morgan fingerprint density at radius 2 is 1.89 bits per heavy atom. The van der Waals surface area contributed by atoms with E-state index in [4.69, 9.17) is 23.7 Å². The molecular weight excluding hydrogens is 248 g/mol. The monoisotopic (exact) mass is 274 g/mol. The van der Waals surface area contributed by atoms with Crippen LogP contribution in [0.25, 0.3) is 0 Å². The van der Waals surface area contributed by atoms with Crippen molar-refractivity contribution in [3.05, 3.63) is 0 Å².